The fourth-order valence-corrected chi connectivity index (χ4v) is 2.78. The molecule has 1 aromatic heterocycles. The Morgan fingerprint density at radius 2 is 1.80 bits per heavy atom. The maximum Gasteiger partial charge on any atom is 0.573 e. The van der Waals surface area contributed by atoms with Crippen LogP contribution in [0, 0.1) is 0 Å². The lowest BCUT2D eigenvalue weighted by atomic mass is 9.95. The number of carbonyl (C=O) groups excluding carboxylic acids is 1. The second-order valence-electron chi connectivity index (χ2n) is 5.75. The molecule has 0 aliphatic heterocycles. The number of benzene rings is 1. The third-order valence-corrected chi connectivity index (χ3v) is 3.93. The van der Waals surface area contributed by atoms with Crippen molar-refractivity contribution in [2.24, 2.45) is 0 Å². The van der Waals surface area contributed by atoms with E-state index in [4.69, 9.17) is 0 Å². The van der Waals surface area contributed by atoms with Crippen LogP contribution >= 0.6 is 0 Å². The van der Waals surface area contributed by atoms with Gasteiger partial charge in [-0.3, -0.25) is 9.59 Å². The number of alkyl halides is 3. The first-order valence-electron chi connectivity index (χ1n) is 7.74. The fourth-order valence-electron chi connectivity index (χ4n) is 2.78. The zero-order chi connectivity index (χ0) is 18.0. The van der Waals surface area contributed by atoms with Crippen molar-refractivity contribution >= 4 is 11.6 Å². The topological polar surface area (TPSA) is 71.2 Å². The maximum absolute atomic E-state index is 12.3. The number of aryl methyl sites for hydroxylation is 2. The van der Waals surface area contributed by atoms with E-state index in [2.05, 4.69) is 15.0 Å². The number of halogens is 3. The first-order valence-corrected chi connectivity index (χ1v) is 7.74. The van der Waals surface area contributed by atoms with E-state index in [-0.39, 0.29) is 11.3 Å². The van der Waals surface area contributed by atoms with Gasteiger partial charge in [0.05, 0.1) is 0 Å². The van der Waals surface area contributed by atoms with Gasteiger partial charge in [-0.15, -0.1) is 13.2 Å². The lowest BCUT2D eigenvalue weighted by Gasteiger charge is -2.16. The number of rotatable bonds is 3. The molecule has 8 heteroatoms. The van der Waals surface area contributed by atoms with Crippen LogP contribution in [0.5, 0.6) is 5.75 Å². The summed E-state index contributed by atoms with van der Waals surface area (Å²) in [6, 6.07) is 6.29. The van der Waals surface area contributed by atoms with E-state index in [1.807, 2.05) is 0 Å². The van der Waals surface area contributed by atoms with Crippen molar-refractivity contribution in [1.29, 1.82) is 0 Å². The lowest BCUT2D eigenvalue weighted by molar-refractivity contribution is -0.274. The van der Waals surface area contributed by atoms with Gasteiger partial charge < -0.3 is 15.0 Å². The Hall–Kier alpha value is -2.77. The molecule has 2 N–H and O–H groups in total. The Labute approximate surface area is 140 Å². The molecular weight excluding hydrogens is 337 g/mol. The molecule has 1 heterocycles. The minimum absolute atomic E-state index is 0.0173. The molecule has 0 unspecified atom stereocenters. The quantitative estimate of drug-likeness (QED) is 0.889. The van der Waals surface area contributed by atoms with E-state index in [0.29, 0.717) is 0 Å². The SMILES string of the molecule is O=C(Nc1ccc(OC(F)(F)F)cc1)c1cc2c([nH]c1=O)CCCC2. The molecular formula is C17H15F3N2O3. The molecule has 0 radical (unpaired) electrons. The van der Waals surface area contributed by atoms with E-state index in [9.17, 15) is 22.8 Å². The number of fused-ring (bicyclic) bond motifs is 1. The molecule has 0 atom stereocenters. The third kappa shape index (κ3) is 4.20. The monoisotopic (exact) mass is 352 g/mol. The summed E-state index contributed by atoms with van der Waals surface area (Å²) >= 11 is 0. The van der Waals surface area contributed by atoms with Crippen molar-refractivity contribution in [3.8, 4) is 5.75 Å². The molecule has 1 aromatic carbocycles. The van der Waals surface area contributed by atoms with E-state index in [1.165, 1.54) is 12.1 Å². The Morgan fingerprint density at radius 1 is 1.12 bits per heavy atom. The van der Waals surface area contributed by atoms with Gasteiger partial charge in [0.2, 0.25) is 0 Å². The molecule has 1 amide bonds. The zero-order valence-electron chi connectivity index (χ0n) is 13.1. The van der Waals surface area contributed by atoms with Gasteiger partial charge in [-0.05, 0) is 61.6 Å². The number of amides is 1. The highest BCUT2D eigenvalue weighted by Gasteiger charge is 2.31. The predicted molar refractivity (Wildman–Crippen MR) is 84.8 cm³/mol. The summed E-state index contributed by atoms with van der Waals surface area (Å²) in [6.07, 6.45) is -1.19. The third-order valence-electron chi connectivity index (χ3n) is 3.93. The molecule has 2 aromatic rings. The Balaban J connectivity index is 1.75. The van der Waals surface area contributed by atoms with Crippen LogP contribution in [0.15, 0.2) is 35.1 Å². The van der Waals surface area contributed by atoms with Crippen molar-refractivity contribution < 1.29 is 22.7 Å². The van der Waals surface area contributed by atoms with Crippen LogP contribution in [0.25, 0.3) is 0 Å². The summed E-state index contributed by atoms with van der Waals surface area (Å²) in [7, 11) is 0. The number of anilines is 1. The molecule has 132 valence electrons. The summed E-state index contributed by atoms with van der Waals surface area (Å²) in [5, 5.41) is 2.50. The summed E-state index contributed by atoms with van der Waals surface area (Å²) in [5.74, 6) is -1.00. The van der Waals surface area contributed by atoms with Crippen LogP contribution < -0.4 is 15.6 Å². The number of ether oxygens (including phenoxy) is 1. The van der Waals surface area contributed by atoms with Crippen molar-refractivity contribution in [3.63, 3.8) is 0 Å². The number of aromatic nitrogens is 1. The lowest BCUT2D eigenvalue weighted by Crippen LogP contribution is -2.26. The van der Waals surface area contributed by atoms with E-state index in [1.54, 1.807) is 6.07 Å². The fraction of sp³-hybridized carbons (Fsp3) is 0.294. The first kappa shape index (κ1) is 17.1. The molecule has 25 heavy (non-hydrogen) atoms. The Bertz CT molecular complexity index is 842. The molecule has 1 aliphatic carbocycles. The van der Waals surface area contributed by atoms with E-state index < -0.39 is 23.6 Å². The summed E-state index contributed by atoms with van der Waals surface area (Å²) in [5.41, 5.74) is 1.58. The van der Waals surface area contributed by atoms with Gasteiger partial charge in [0.25, 0.3) is 11.5 Å². The van der Waals surface area contributed by atoms with Gasteiger partial charge in [0.15, 0.2) is 0 Å². The normalized spacial score (nSPS) is 13.9. The average Bonchev–Trinajstić information content (AvgIpc) is 2.54. The van der Waals surface area contributed by atoms with Gasteiger partial charge in [-0.2, -0.15) is 0 Å². The second kappa shape index (κ2) is 6.62. The van der Waals surface area contributed by atoms with Crippen LogP contribution in [0.2, 0.25) is 0 Å². The van der Waals surface area contributed by atoms with Crippen molar-refractivity contribution in [1.82, 2.24) is 4.98 Å². The molecule has 0 bridgehead atoms. The van der Waals surface area contributed by atoms with Crippen molar-refractivity contribution in [2.75, 3.05) is 5.32 Å². The van der Waals surface area contributed by atoms with Crippen LogP contribution in [-0.4, -0.2) is 17.3 Å². The number of nitrogens with one attached hydrogen (secondary N) is 2. The number of pyridine rings is 1. The standard InChI is InChI=1S/C17H15F3N2O3/c18-17(19,20)25-12-7-5-11(6-8-12)21-15(23)13-9-10-3-1-2-4-14(10)22-16(13)24/h5-9H,1-4H2,(H,21,23)(H,22,24). The predicted octanol–water partition coefficient (Wildman–Crippen LogP) is 3.40. The summed E-state index contributed by atoms with van der Waals surface area (Å²) < 4.78 is 40.1. The minimum Gasteiger partial charge on any atom is -0.406 e. The summed E-state index contributed by atoms with van der Waals surface area (Å²) in [4.78, 5) is 27.1. The molecule has 1 aliphatic rings. The largest absolute Gasteiger partial charge is 0.573 e. The molecule has 5 nitrogen and oxygen atoms in total. The molecule has 0 saturated carbocycles. The maximum atomic E-state index is 12.3. The molecule has 3 rings (SSSR count). The molecule has 0 spiro atoms. The number of hydrogen-bond acceptors (Lipinski definition) is 3. The number of hydrogen-bond donors (Lipinski definition) is 2. The van der Waals surface area contributed by atoms with Gasteiger partial charge >= 0.3 is 6.36 Å². The van der Waals surface area contributed by atoms with E-state index in [0.717, 1.165) is 49.1 Å². The zero-order valence-corrected chi connectivity index (χ0v) is 13.1. The smallest absolute Gasteiger partial charge is 0.406 e. The highest BCUT2D eigenvalue weighted by atomic mass is 19.4. The highest BCUT2D eigenvalue weighted by Crippen LogP contribution is 2.24. The van der Waals surface area contributed by atoms with Crippen LogP contribution in [0.1, 0.15) is 34.5 Å². The average molecular weight is 352 g/mol. The van der Waals surface area contributed by atoms with Crippen molar-refractivity contribution in [3.05, 3.63) is 57.5 Å². The highest BCUT2D eigenvalue weighted by molar-refractivity contribution is 6.04. The van der Waals surface area contributed by atoms with Crippen LogP contribution in [-0.2, 0) is 12.8 Å². The van der Waals surface area contributed by atoms with Gasteiger partial charge in [-0.25, -0.2) is 0 Å². The van der Waals surface area contributed by atoms with Gasteiger partial charge in [0.1, 0.15) is 11.3 Å². The van der Waals surface area contributed by atoms with Gasteiger partial charge in [-0.1, -0.05) is 0 Å². The Morgan fingerprint density at radius 3 is 2.48 bits per heavy atom. The summed E-state index contributed by atoms with van der Waals surface area (Å²) in [6.45, 7) is 0. The Kier molecular flexibility index (Phi) is 4.52. The molecule has 0 saturated heterocycles. The number of aromatic amines is 1. The van der Waals surface area contributed by atoms with Crippen molar-refractivity contribution in [2.45, 2.75) is 32.0 Å². The van der Waals surface area contributed by atoms with Crippen LogP contribution in [0.4, 0.5) is 18.9 Å². The van der Waals surface area contributed by atoms with E-state index >= 15 is 0 Å². The molecule has 0 fully saturated rings. The minimum atomic E-state index is -4.78. The van der Waals surface area contributed by atoms with Crippen LogP contribution in [0.3, 0.4) is 0 Å². The number of H-pyrrole nitrogens is 1. The number of carbonyl (C=O) groups is 1. The second-order valence-corrected chi connectivity index (χ2v) is 5.75. The first-order chi connectivity index (χ1) is 11.8. The van der Waals surface area contributed by atoms with Gasteiger partial charge in [0, 0.05) is 11.4 Å².